The Hall–Kier alpha value is -1.32. The molecule has 106 valence electrons. The van der Waals surface area contributed by atoms with Crippen molar-refractivity contribution >= 4 is 11.9 Å². The number of esters is 1. The van der Waals surface area contributed by atoms with Gasteiger partial charge in [0.2, 0.25) is 5.91 Å². The van der Waals surface area contributed by atoms with Crippen molar-refractivity contribution in [1.82, 2.24) is 4.90 Å². The normalized spacial score (nSPS) is 30.1. The van der Waals surface area contributed by atoms with E-state index < -0.39 is 0 Å². The maximum Gasteiger partial charge on any atom is 0.308 e. The molecule has 19 heavy (non-hydrogen) atoms. The minimum absolute atomic E-state index is 0.163. The van der Waals surface area contributed by atoms with E-state index >= 15 is 0 Å². The van der Waals surface area contributed by atoms with Gasteiger partial charge >= 0.3 is 5.97 Å². The predicted octanol–water partition coefficient (Wildman–Crippen LogP) is 2.29. The zero-order valence-electron chi connectivity index (χ0n) is 11.7. The molecule has 2 fully saturated rings. The molecule has 0 aromatic rings. The smallest absolute Gasteiger partial charge is 0.308 e. The SMILES string of the molecule is C=CCN1C(=O)C[C@H]2CCCC[C@]21CC(=O)OCC. The standard InChI is InChI=1S/C15H23NO3/c1-3-9-16-13(17)10-12-7-5-6-8-15(12,16)11-14(18)19-4-2/h3,12H,1,4-11H2,2H3/t12-,15+/m1/s1. The van der Waals surface area contributed by atoms with E-state index in [9.17, 15) is 9.59 Å². The summed E-state index contributed by atoms with van der Waals surface area (Å²) in [7, 11) is 0. The van der Waals surface area contributed by atoms with Gasteiger partial charge in [0, 0.05) is 13.0 Å². The van der Waals surface area contributed by atoms with E-state index in [1.165, 1.54) is 0 Å². The Kier molecular flexibility index (Phi) is 4.27. The molecule has 1 aliphatic carbocycles. The molecule has 4 nitrogen and oxygen atoms in total. The maximum atomic E-state index is 12.2. The summed E-state index contributed by atoms with van der Waals surface area (Å²) in [4.78, 5) is 26.0. The molecule has 1 heterocycles. The van der Waals surface area contributed by atoms with Crippen LogP contribution in [0.1, 0.15) is 45.4 Å². The summed E-state index contributed by atoms with van der Waals surface area (Å²) in [6.45, 7) is 6.48. The van der Waals surface area contributed by atoms with Crippen molar-refractivity contribution < 1.29 is 14.3 Å². The van der Waals surface area contributed by atoms with Crippen LogP contribution in [0, 0.1) is 5.92 Å². The van der Waals surface area contributed by atoms with Crippen LogP contribution in [0.2, 0.25) is 0 Å². The van der Waals surface area contributed by atoms with Crippen molar-refractivity contribution in [2.75, 3.05) is 13.2 Å². The average Bonchev–Trinajstić information content (AvgIpc) is 2.64. The molecular weight excluding hydrogens is 242 g/mol. The molecule has 2 rings (SSSR count). The molecule has 1 saturated heterocycles. The van der Waals surface area contributed by atoms with Crippen molar-refractivity contribution in [3.8, 4) is 0 Å². The minimum Gasteiger partial charge on any atom is -0.466 e. The third-order valence-electron chi connectivity index (χ3n) is 4.50. The Morgan fingerprint density at radius 3 is 3.05 bits per heavy atom. The highest BCUT2D eigenvalue weighted by Crippen LogP contribution is 2.48. The number of hydrogen-bond donors (Lipinski definition) is 0. The summed E-state index contributed by atoms with van der Waals surface area (Å²) in [5.41, 5.74) is -0.310. The number of rotatable bonds is 5. The highest BCUT2D eigenvalue weighted by atomic mass is 16.5. The van der Waals surface area contributed by atoms with E-state index in [2.05, 4.69) is 6.58 Å². The van der Waals surface area contributed by atoms with E-state index in [4.69, 9.17) is 4.74 Å². The van der Waals surface area contributed by atoms with Gasteiger partial charge in [-0.25, -0.2) is 0 Å². The molecule has 4 heteroatoms. The largest absolute Gasteiger partial charge is 0.466 e. The second kappa shape index (κ2) is 5.76. The van der Waals surface area contributed by atoms with E-state index in [0.717, 1.165) is 25.7 Å². The number of carbonyl (C=O) groups is 2. The molecule has 1 saturated carbocycles. The fourth-order valence-corrected chi connectivity index (χ4v) is 3.71. The predicted molar refractivity (Wildman–Crippen MR) is 72.5 cm³/mol. The van der Waals surface area contributed by atoms with Gasteiger partial charge in [-0.15, -0.1) is 6.58 Å². The van der Waals surface area contributed by atoms with Gasteiger partial charge in [0.05, 0.1) is 18.6 Å². The van der Waals surface area contributed by atoms with Gasteiger partial charge < -0.3 is 9.64 Å². The van der Waals surface area contributed by atoms with Gasteiger partial charge in [-0.05, 0) is 25.7 Å². The monoisotopic (exact) mass is 265 g/mol. The molecule has 2 aliphatic rings. The summed E-state index contributed by atoms with van der Waals surface area (Å²) in [6, 6.07) is 0. The van der Waals surface area contributed by atoms with Crippen LogP contribution in [0.15, 0.2) is 12.7 Å². The first-order chi connectivity index (χ1) is 9.14. The third-order valence-corrected chi connectivity index (χ3v) is 4.50. The van der Waals surface area contributed by atoms with Crippen molar-refractivity contribution in [2.24, 2.45) is 5.92 Å². The van der Waals surface area contributed by atoms with Gasteiger partial charge in [0.1, 0.15) is 0 Å². The Morgan fingerprint density at radius 2 is 2.37 bits per heavy atom. The lowest BCUT2D eigenvalue weighted by Crippen LogP contribution is -2.52. The fraction of sp³-hybridized carbons (Fsp3) is 0.733. The summed E-state index contributed by atoms with van der Waals surface area (Å²) >= 11 is 0. The lowest BCUT2D eigenvalue weighted by Gasteiger charge is -2.44. The van der Waals surface area contributed by atoms with Crippen molar-refractivity contribution in [1.29, 1.82) is 0 Å². The Morgan fingerprint density at radius 1 is 1.58 bits per heavy atom. The van der Waals surface area contributed by atoms with Crippen molar-refractivity contribution in [3.05, 3.63) is 12.7 Å². The summed E-state index contributed by atoms with van der Waals surface area (Å²) in [5.74, 6) is 0.285. The van der Waals surface area contributed by atoms with Crippen LogP contribution < -0.4 is 0 Å². The van der Waals surface area contributed by atoms with Crippen LogP contribution in [0.5, 0.6) is 0 Å². The van der Waals surface area contributed by atoms with Crippen LogP contribution in [0.3, 0.4) is 0 Å². The van der Waals surface area contributed by atoms with Crippen molar-refractivity contribution in [2.45, 2.75) is 51.0 Å². The van der Waals surface area contributed by atoms with E-state index in [1.54, 1.807) is 6.08 Å². The number of hydrogen-bond acceptors (Lipinski definition) is 3. The molecule has 0 radical (unpaired) electrons. The number of amides is 1. The minimum atomic E-state index is -0.310. The number of likely N-dealkylation sites (tertiary alicyclic amines) is 1. The molecule has 0 aromatic heterocycles. The fourth-order valence-electron chi connectivity index (χ4n) is 3.71. The Bertz CT molecular complexity index is 380. The molecule has 1 amide bonds. The first-order valence-electron chi connectivity index (χ1n) is 7.21. The molecule has 2 atom stereocenters. The number of nitrogens with zero attached hydrogens (tertiary/aromatic N) is 1. The first kappa shape index (κ1) is 14.1. The quantitative estimate of drug-likeness (QED) is 0.566. The molecule has 0 unspecified atom stereocenters. The second-order valence-corrected chi connectivity index (χ2v) is 5.53. The molecule has 1 aliphatic heterocycles. The average molecular weight is 265 g/mol. The third kappa shape index (κ3) is 2.53. The van der Waals surface area contributed by atoms with E-state index in [-0.39, 0.29) is 17.4 Å². The maximum absolute atomic E-state index is 12.2. The highest BCUT2D eigenvalue weighted by molar-refractivity contribution is 5.82. The molecule has 0 spiro atoms. The van der Waals surface area contributed by atoms with Gasteiger partial charge in [-0.2, -0.15) is 0 Å². The number of fused-ring (bicyclic) bond motifs is 1. The van der Waals surface area contributed by atoms with Crippen LogP contribution in [-0.2, 0) is 14.3 Å². The summed E-state index contributed by atoms with van der Waals surface area (Å²) < 4.78 is 5.11. The lowest BCUT2D eigenvalue weighted by atomic mass is 9.71. The highest BCUT2D eigenvalue weighted by Gasteiger charge is 2.54. The molecule has 0 N–H and O–H groups in total. The van der Waals surface area contributed by atoms with Crippen LogP contribution in [0.4, 0.5) is 0 Å². The Balaban J connectivity index is 2.24. The zero-order chi connectivity index (χ0) is 13.9. The Labute approximate surface area is 114 Å². The van der Waals surface area contributed by atoms with Crippen LogP contribution in [0.25, 0.3) is 0 Å². The number of carbonyl (C=O) groups excluding carboxylic acids is 2. The molecule has 0 aromatic carbocycles. The molecular formula is C15H23NO3. The van der Waals surface area contributed by atoms with E-state index in [1.807, 2.05) is 11.8 Å². The first-order valence-corrected chi connectivity index (χ1v) is 7.21. The van der Waals surface area contributed by atoms with E-state index in [0.29, 0.717) is 31.9 Å². The van der Waals surface area contributed by atoms with Gasteiger partial charge in [-0.1, -0.05) is 18.9 Å². The molecule has 0 bridgehead atoms. The summed E-state index contributed by atoms with van der Waals surface area (Å²) in [6.07, 6.45) is 6.86. The van der Waals surface area contributed by atoms with Crippen molar-refractivity contribution in [3.63, 3.8) is 0 Å². The second-order valence-electron chi connectivity index (χ2n) is 5.53. The van der Waals surface area contributed by atoms with Gasteiger partial charge in [0.15, 0.2) is 0 Å². The topological polar surface area (TPSA) is 46.6 Å². The van der Waals surface area contributed by atoms with Crippen LogP contribution >= 0.6 is 0 Å². The van der Waals surface area contributed by atoms with Gasteiger partial charge in [-0.3, -0.25) is 9.59 Å². The number of ether oxygens (including phenoxy) is 1. The summed E-state index contributed by atoms with van der Waals surface area (Å²) in [5, 5.41) is 0. The van der Waals surface area contributed by atoms with Crippen LogP contribution in [-0.4, -0.2) is 35.5 Å². The van der Waals surface area contributed by atoms with Gasteiger partial charge in [0.25, 0.3) is 0 Å². The zero-order valence-corrected chi connectivity index (χ0v) is 11.7. The lowest BCUT2D eigenvalue weighted by molar-refractivity contribution is -0.148.